The van der Waals surface area contributed by atoms with Crippen molar-refractivity contribution >= 4 is 17.5 Å². The highest BCUT2D eigenvalue weighted by atomic mass is 32.2. The Hall–Kier alpha value is -1.82. The third-order valence-electron chi connectivity index (χ3n) is 2.78. The van der Waals surface area contributed by atoms with Gasteiger partial charge >= 0.3 is 5.70 Å². The number of nitrogens with one attached hydrogen (secondary N) is 1. The van der Waals surface area contributed by atoms with Crippen LogP contribution in [0.1, 0.15) is 22.3 Å². The Morgan fingerprint density at radius 1 is 1.37 bits per heavy atom. The summed E-state index contributed by atoms with van der Waals surface area (Å²) in [5.74, 6) is 0.253. The van der Waals surface area contributed by atoms with Crippen LogP contribution >= 0.6 is 11.8 Å². The van der Waals surface area contributed by atoms with Gasteiger partial charge < -0.3 is 5.32 Å². The van der Waals surface area contributed by atoms with Gasteiger partial charge in [-0.25, -0.2) is 0 Å². The number of allylic oxidation sites excluding steroid dienone is 1. The zero-order valence-electron chi connectivity index (χ0n) is 10.5. The SMILES string of the molecule is Cc1ccc(C(=O)/C(=C2/NCCCS2)[N+](=O)[O-])cc1. The molecular formula is C13H14N2O3S. The fraction of sp³-hybridized carbons (Fsp3) is 0.308. The highest BCUT2D eigenvalue weighted by Crippen LogP contribution is 2.24. The molecule has 1 saturated heterocycles. The molecule has 1 N–H and O–H groups in total. The number of benzene rings is 1. The van der Waals surface area contributed by atoms with Crippen LogP contribution in [-0.2, 0) is 0 Å². The van der Waals surface area contributed by atoms with Crippen LogP contribution < -0.4 is 5.32 Å². The number of hydrogen-bond acceptors (Lipinski definition) is 5. The number of hydrogen-bond donors (Lipinski definition) is 1. The molecule has 1 aliphatic heterocycles. The van der Waals surface area contributed by atoms with Crippen molar-refractivity contribution < 1.29 is 9.72 Å². The lowest BCUT2D eigenvalue weighted by atomic mass is 10.1. The predicted octanol–water partition coefficient (Wildman–Crippen LogP) is 2.35. The fourth-order valence-corrected chi connectivity index (χ4v) is 2.76. The van der Waals surface area contributed by atoms with Crippen LogP contribution in [-0.4, -0.2) is 23.0 Å². The van der Waals surface area contributed by atoms with Crippen molar-refractivity contribution in [2.75, 3.05) is 12.3 Å². The van der Waals surface area contributed by atoms with Crippen molar-refractivity contribution in [3.63, 3.8) is 0 Å². The van der Waals surface area contributed by atoms with Crippen LogP contribution in [0.4, 0.5) is 0 Å². The average Bonchev–Trinajstić information content (AvgIpc) is 2.40. The number of ketones is 1. The third kappa shape index (κ3) is 3.14. The van der Waals surface area contributed by atoms with Crippen LogP contribution in [0.3, 0.4) is 0 Å². The predicted molar refractivity (Wildman–Crippen MR) is 74.6 cm³/mol. The second-order valence-corrected chi connectivity index (χ2v) is 5.36. The van der Waals surface area contributed by atoms with E-state index in [1.54, 1.807) is 24.3 Å². The van der Waals surface area contributed by atoms with Crippen molar-refractivity contribution in [2.24, 2.45) is 0 Å². The van der Waals surface area contributed by atoms with Gasteiger partial charge in [0.2, 0.25) is 0 Å². The molecule has 0 saturated carbocycles. The first-order valence-corrected chi connectivity index (χ1v) is 6.95. The summed E-state index contributed by atoms with van der Waals surface area (Å²) < 4.78 is 0. The van der Waals surface area contributed by atoms with Gasteiger partial charge in [0.1, 0.15) is 0 Å². The fourth-order valence-electron chi connectivity index (χ4n) is 1.76. The number of carbonyl (C=O) groups excluding carboxylic acids is 1. The number of nitro groups is 1. The van der Waals surface area contributed by atoms with Crippen molar-refractivity contribution in [2.45, 2.75) is 13.3 Å². The maximum atomic E-state index is 12.2. The summed E-state index contributed by atoms with van der Waals surface area (Å²) in [6, 6.07) is 6.79. The summed E-state index contributed by atoms with van der Waals surface area (Å²) >= 11 is 1.33. The van der Waals surface area contributed by atoms with E-state index in [0.717, 1.165) is 17.7 Å². The molecule has 0 radical (unpaired) electrons. The maximum Gasteiger partial charge on any atom is 0.346 e. The molecule has 0 aliphatic carbocycles. The van der Waals surface area contributed by atoms with E-state index in [0.29, 0.717) is 17.1 Å². The summed E-state index contributed by atoms with van der Waals surface area (Å²) in [5, 5.41) is 14.5. The Kier molecular flexibility index (Phi) is 4.21. The van der Waals surface area contributed by atoms with E-state index >= 15 is 0 Å². The number of thioether (sulfide) groups is 1. The van der Waals surface area contributed by atoms with Gasteiger partial charge in [-0.2, -0.15) is 0 Å². The molecule has 6 heteroatoms. The Morgan fingerprint density at radius 2 is 2.05 bits per heavy atom. The molecule has 19 heavy (non-hydrogen) atoms. The van der Waals surface area contributed by atoms with Crippen LogP contribution in [0.2, 0.25) is 0 Å². The largest absolute Gasteiger partial charge is 0.374 e. The van der Waals surface area contributed by atoms with Crippen LogP contribution in [0.15, 0.2) is 35.0 Å². The highest BCUT2D eigenvalue weighted by molar-refractivity contribution is 8.03. The first-order valence-electron chi connectivity index (χ1n) is 5.96. The van der Waals surface area contributed by atoms with Gasteiger partial charge in [0, 0.05) is 17.9 Å². The minimum atomic E-state index is -0.594. The lowest BCUT2D eigenvalue weighted by Gasteiger charge is -2.15. The number of nitrogens with zero attached hydrogens (tertiary/aromatic N) is 1. The lowest BCUT2D eigenvalue weighted by Crippen LogP contribution is -2.25. The Labute approximate surface area is 115 Å². The number of rotatable bonds is 3. The van der Waals surface area contributed by atoms with Crippen molar-refractivity contribution in [3.05, 3.63) is 56.2 Å². The van der Waals surface area contributed by atoms with Gasteiger partial charge in [-0.15, -0.1) is 11.8 Å². The molecule has 1 heterocycles. The third-order valence-corrected chi connectivity index (χ3v) is 3.90. The second kappa shape index (κ2) is 5.88. The monoisotopic (exact) mass is 278 g/mol. The van der Waals surface area contributed by atoms with Gasteiger partial charge in [-0.05, 0) is 13.3 Å². The summed E-state index contributed by atoms with van der Waals surface area (Å²) in [6.07, 6.45) is 0.942. The zero-order chi connectivity index (χ0) is 13.8. The zero-order valence-corrected chi connectivity index (χ0v) is 11.3. The van der Waals surface area contributed by atoms with E-state index in [1.807, 2.05) is 6.92 Å². The molecule has 0 aromatic heterocycles. The maximum absolute atomic E-state index is 12.2. The Morgan fingerprint density at radius 3 is 2.58 bits per heavy atom. The molecule has 0 spiro atoms. The highest BCUT2D eigenvalue weighted by Gasteiger charge is 2.30. The van der Waals surface area contributed by atoms with Crippen LogP contribution in [0.5, 0.6) is 0 Å². The van der Waals surface area contributed by atoms with Crippen molar-refractivity contribution in [1.29, 1.82) is 0 Å². The summed E-state index contributed by atoms with van der Waals surface area (Å²) in [4.78, 5) is 22.8. The first kappa shape index (κ1) is 13.6. The molecule has 1 aromatic rings. The minimum Gasteiger partial charge on any atom is -0.374 e. The quantitative estimate of drug-likeness (QED) is 0.398. The summed E-state index contributed by atoms with van der Waals surface area (Å²) in [6.45, 7) is 2.57. The van der Waals surface area contributed by atoms with E-state index in [4.69, 9.17) is 0 Å². The number of carbonyl (C=O) groups is 1. The summed E-state index contributed by atoms with van der Waals surface area (Å²) in [5.41, 5.74) is 1.00. The molecule has 0 unspecified atom stereocenters. The lowest BCUT2D eigenvalue weighted by molar-refractivity contribution is -0.417. The van der Waals surface area contributed by atoms with E-state index in [9.17, 15) is 14.9 Å². The molecule has 100 valence electrons. The smallest absolute Gasteiger partial charge is 0.346 e. The molecule has 0 amide bonds. The van der Waals surface area contributed by atoms with Gasteiger partial charge in [0.25, 0.3) is 5.78 Å². The Balaban J connectivity index is 2.36. The normalized spacial score (nSPS) is 17.5. The Bertz CT molecular complexity index is 529. The molecule has 5 nitrogen and oxygen atoms in total. The number of Topliss-reactive ketones (excluding diaryl/α,β-unsaturated/α-hetero) is 1. The van der Waals surface area contributed by atoms with Gasteiger partial charge in [-0.3, -0.25) is 14.9 Å². The van der Waals surface area contributed by atoms with Gasteiger partial charge in [0.05, 0.1) is 4.92 Å². The van der Waals surface area contributed by atoms with Gasteiger partial charge in [-0.1, -0.05) is 29.8 Å². The molecular weight excluding hydrogens is 264 g/mol. The first-order chi connectivity index (χ1) is 9.09. The van der Waals surface area contributed by atoms with Crippen LogP contribution in [0, 0.1) is 17.0 Å². The molecule has 1 aromatic carbocycles. The van der Waals surface area contributed by atoms with Crippen molar-refractivity contribution in [3.8, 4) is 0 Å². The average molecular weight is 278 g/mol. The molecule has 1 fully saturated rings. The second-order valence-electron chi connectivity index (χ2n) is 4.26. The number of aryl methyl sites for hydroxylation is 1. The van der Waals surface area contributed by atoms with E-state index < -0.39 is 10.7 Å². The van der Waals surface area contributed by atoms with E-state index in [2.05, 4.69) is 5.32 Å². The van der Waals surface area contributed by atoms with Crippen LogP contribution in [0.25, 0.3) is 0 Å². The molecule has 1 aliphatic rings. The standard InChI is InChI=1S/C13H14N2O3S/c1-9-3-5-10(6-4-9)12(16)11(15(17)18)13-14-7-2-8-19-13/h3-6,14H,2,7-8H2,1H3/b13-11+. The van der Waals surface area contributed by atoms with E-state index in [1.165, 1.54) is 11.8 Å². The van der Waals surface area contributed by atoms with Gasteiger partial charge in [0.15, 0.2) is 5.03 Å². The molecule has 0 atom stereocenters. The molecule has 2 rings (SSSR count). The van der Waals surface area contributed by atoms with Crippen molar-refractivity contribution in [1.82, 2.24) is 5.32 Å². The summed E-state index contributed by atoms with van der Waals surface area (Å²) in [7, 11) is 0. The molecule has 0 bridgehead atoms. The minimum absolute atomic E-state index is 0.345. The topological polar surface area (TPSA) is 72.2 Å². The van der Waals surface area contributed by atoms with E-state index in [-0.39, 0.29) is 5.70 Å².